The van der Waals surface area contributed by atoms with Crippen molar-refractivity contribution in [1.29, 1.82) is 0 Å². The maximum atomic E-state index is 12.8. The second kappa shape index (κ2) is 6.74. The average molecular weight is 453 g/mol. The summed E-state index contributed by atoms with van der Waals surface area (Å²) in [5.74, 6) is -0.809. The third-order valence-corrected chi connectivity index (χ3v) is 7.35. The highest BCUT2D eigenvalue weighted by atomic mass is 32.2. The first-order chi connectivity index (χ1) is 13.3. The highest BCUT2D eigenvalue weighted by Crippen LogP contribution is 2.42. The molecule has 3 rings (SSSR count). The van der Waals surface area contributed by atoms with Gasteiger partial charge in [-0.15, -0.1) is 0 Å². The van der Waals surface area contributed by atoms with Gasteiger partial charge in [-0.1, -0.05) is 6.92 Å². The molecule has 0 fully saturated rings. The topological polar surface area (TPSA) is 117 Å². The molecule has 29 heavy (non-hydrogen) atoms. The molecule has 0 radical (unpaired) electrons. The SMILES string of the molecule is CCS(=O)(=O)C1=CC=CN(O)C1=C1Oc2ncc(S(=O)(=O)C(F)(F)F)cc2N1C. The van der Waals surface area contributed by atoms with Crippen LogP contribution in [-0.4, -0.2) is 50.4 Å². The van der Waals surface area contributed by atoms with Crippen molar-refractivity contribution in [3.05, 3.63) is 47.1 Å². The van der Waals surface area contributed by atoms with E-state index in [1.807, 2.05) is 0 Å². The normalized spacial score (nSPS) is 19.9. The fraction of sp³-hybridized carbons (Fsp3) is 0.267. The smallest absolute Gasteiger partial charge is 0.418 e. The van der Waals surface area contributed by atoms with Gasteiger partial charge in [-0.25, -0.2) is 26.9 Å². The minimum Gasteiger partial charge on any atom is -0.418 e. The third kappa shape index (κ3) is 3.36. The molecule has 0 atom stereocenters. The van der Waals surface area contributed by atoms with Crippen molar-refractivity contribution in [2.45, 2.75) is 17.3 Å². The number of pyridine rings is 1. The van der Waals surface area contributed by atoms with Gasteiger partial charge in [0.1, 0.15) is 11.4 Å². The molecule has 0 saturated carbocycles. The number of hydrogen-bond acceptors (Lipinski definition) is 9. The Hall–Kier alpha value is -2.58. The van der Waals surface area contributed by atoms with Gasteiger partial charge in [-0.05, 0) is 18.2 Å². The summed E-state index contributed by atoms with van der Waals surface area (Å²) in [6.07, 6.45) is 4.12. The zero-order chi connectivity index (χ0) is 21.8. The quantitative estimate of drug-likeness (QED) is 0.732. The van der Waals surface area contributed by atoms with E-state index in [0.29, 0.717) is 17.3 Å². The number of fused-ring (bicyclic) bond motifs is 1. The maximum Gasteiger partial charge on any atom is 0.501 e. The first kappa shape index (κ1) is 21.1. The molecule has 0 aromatic carbocycles. The number of ether oxygens (including phenoxy) is 1. The lowest BCUT2D eigenvalue weighted by molar-refractivity contribution is -0.0436. The number of rotatable bonds is 3. The first-order valence-corrected chi connectivity index (χ1v) is 11.0. The summed E-state index contributed by atoms with van der Waals surface area (Å²) in [5, 5.41) is 10.6. The van der Waals surface area contributed by atoms with Gasteiger partial charge in [0.2, 0.25) is 11.8 Å². The number of alkyl halides is 3. The summed E-state index contributed by atoms with van der Waals surface area (Å²) in [7, 11) is -8.18. The van der Waals surface area contributed by atoms with Crippen molar-refractivity contribution in [3.63, 3.8) is 0 Å². The number of hydrogen-bond donors (Lipinski definition) is 1. The van der Waals surface area contributed by atoms with Crippen LogP contribution in [0.5, 0.6) is 5.88 Å². The Morgan fingerprint density at radius 1 is 1.24 bits per heavy atom. The molecular formula is C15H14F3N3O6S2. The molecule has 1 N–H and O–H groups in total. The Morgan fingerprint density at radius 3 is 2.48 bits per heavy atom. The Kier molecular flexibility index (Phi) is 4.91. The third-order valence-electron chi connectivity index (χ3n) is 4.14. The summed E-state index contributed by atoms with van der Waals surface area (Å²) in [5.41, 5.74) is -5.98. The van der Waals surface area contributed by atoms with Crippen LogP contribution in [0.2, 0.25) is 0 Å². The summed E-state index contributed by atoms with van der Waals surface area (Å²) in [4.78, 5) is 3.30. The highest BCUT2D eigenvalue weighted by molar-refractivity contribution is 7.95. The molecule has 1 aromatic rings. The van der Waals surface area contributed by atoms with Gasteiger partial charge in [0, 0.05) is 13.2 Å². The Labute approximate surface area is 163 Å². The molecule has 158 valence electrons. The average Bonchev–Trinajstić information content (AvgIpc) is 2.96. The lowest BCUT2D eigenvalue weighted by Crippen LogP contribution is -2.28. The number of nitrogens with zero attached hydrogens (tertiary/aromatic N) is 3. The Morgan fingerprint density at radius 2 is 1.90 bits per heavy atom. The Balaban J connectivity index is 2.15. The number of allylic oxidation sites excluding steroid dienone is 2. The highest BCUT2D eigenvalue weighted by Gasteiger charge is 2.48. The first-order valence-electron chi connectivity index (χ1n) is 7.88. The summed E-state index contributed by atoms with van der Waals surface area (Å²) < 4.78 is 91.9. The van der Waals surface area contributed by atoms with Gasteiger partial charge >= 0.3 is 5.51 Å². The second-order valence-corrected chi connectivity index (χ2v) is 10.1. The number of sulfone groups is 2. The van der Waals surface area contributed by atoms with E-state index < -0.39 is 30.1 Å². The van der Waals surface area contributed by atoms with Gasteiger partial charge in [-0.2, -0.15) is 13.2 Å². The van der Waals surface area contributed by atoms with Crippen LogP contribution in [0.25, 0.3) is 0 Å². The summed E-state index contributed by atoms with van der Waals surface area (Å²) in [6, 6.07) is 0.705. The van der Waals surface area contributed by atoms with Crippen molar-refractivity contribution in [2.24, 2.45) is 0 Å². The van der Waals surface area contributed by atoms with Gasteiger partial charge in [0.05, 0.1) is 21.8 Å². The lowest BCUT2D eigenvalue weighted by Gasteiger charge is -2.25. The number of aromatic nitrogens is 1. The van der Waals surface area contributed by atoms with Crippen LogP contribution in [0.4, 0.5) is 18.9 Å². The molecule has 0 spiro atoms. The van der Waals surface area contributed by atoms with E-state index >= 15 is 0 Å². The van der Waals surface area contributed by atoms with Gasteiger partial charge in [0.15, 0.2) is 9.84 Å². The van der Waals surface area contributed by atoms with Crippen molar-refractivity contribution in [2.75, 3.05) is 17.7 Å². The molecule has 14 heteroatoms. The zero-order valence-corrected chi connectivity index (χ0v) is 16.5. The van der Waals surface area contributed by atoms with Crippen LogP contribution in [0, 0.1) is 0 Å². The molecule has 9 nitrogen and oxygen atoms in total. The zero-order valence-electron chi connectivity index (χ0n) is 14.9. The number of halogens is 3. The predicted octanol–water partition coefficient (Wildman–Crippen LogP) is 1.91. The van der Waals surface area contributed by atoms with Crippen molar-refractivity contribution < 1.29 is 40.0 Å². The van der Waals surface area contributed by atoms with Gasteiger partial charge < -0.3 is 9.64 Å². The van der Waals surface area contributed by atoms with Crippen LogP contribution in [-0.2, 0) is 19.7 Å². The van der Waals surface area contributed by atoms with Gasteiger partial charge in [-0.3, -0.25) is 5.21 Å². The van der Waals surface area contributed by atoms with E-state index in [4.69, 9.17) is 4.74 Å². The minimum atomic E-state index is -5.65. The van der Waals surface area contributed by atoms with E-state index in [2.05, 4.69) is 4.98 Å². The molecule has 0 aliphatic carbocycles. The van der Waals surface area contributed by atoms with E-state index in [-0.39, 0.29) is 33.8 Å². The van der Waals surface area contributed by atoms with Crippen LogP contribution in [0.1, 0.15) is 6.92 Å². The van der Waals surface area contributed by atoms with Crippen LogP contribution in [0.15, 0.2) is 52.0 Å². The molecule has 2 aliphatic rings. The minimum absolute atomic E-state index is 0.158. The van der Waals surface area contributed by atoms with Gasteiger partial charge in [0.25, 0.3) is 9.84 Å². The molecule has 0 bridgehead atoms. The monoisotopic (exact) mass is 453 g/mol. The van der Waals surface area contributed by atoms with E-state index in [1.165, 1.54) is 26.1 Å². The predicted molar refractivity (Wildman–Crippen MR) is 93.8 cm³/mol. The molecule has 3 heterocycles. The largest absolute Gasteiger partial charge is 0.501 e. The molecule has 1 aromatic heterocycles. The fourth-order valence-corrected chi connectivity index (χ4v) is 4.38. The standard InChI is InChI=1S/C15H14F3N3O6S2/c1-3-28(23,24)11-5-4-6-21(22)12(11)14-20(2)10-7-9(8-19-13(10)27-14)29(25,26)15(16,17)18/h4-8,22H,3H2,1-2H3. The van der Waals surface area contributed by atoms with Crippen LogP contribution < -0.4 is 9.64 Å². The molecule has 2 aliphatic heterocycles. The molecular weight excluding hydrogens is 439 g/mol. The summed E-state index contributed by atoms with van der Waals surface area (Å²) in [6.45, 7) is 1.39. The van der Waals surface area contributed by atoms with Crippen molar-refractivity contribution >= 4 is 25.4 Å². The fourth-order valence-electron chi connectivity index (χ4n) is 2.59. The second-order valence-electron chi connectivity index (χ2n) is 5.88. The molecule has 0 saturated heterocycles. The van der Waals surface area contributed by atoms with Crippen molar-refractivity contribution in [3.8, 4) is 5.88 Å². The Bertz CT molecular complexity index is 1170. The molecule has 0 unspecified atom stereocenters. The van der Waals surface area contributed by atoms with E-state index in [1.54, 1.807) is 0 Å². The van der Waals surface area contributed by atoms with Crippen LogP contribution in [0.3, 0.4) is 0 Å². The van der Waals surface area contributed by atoms with Crippen molar-refractivity contribution in [1.82, 2.24) is 10.0 Å². The number of anilines is 1. The van der Waals surface area contributed by atoms with E-state index in [0.717, 1.165) is 11.1 Å². The molecule has 0 amide bonds. The lowest BCUT2D eigenvalue weighted by atomic mass is 10.3. The van der Waals surface area contributed by atoms with Crippen LogP contribution >= 0.6 is 0 Å². The maximum absolute atomic E-state index is 12.8. The number of hydroxylamine groups is 2. The summed E-state index contributed by atoms with van der Waals surface area (Å²) >= 11 is 0. The van der Waals surface area contributed by atoms with E-state index in [9.17, 15) is 35.2 Å².